The topological polar surface area (TPSA) is 55.6 Å². The van der Waals surface area contributed by atoms with Crippen molar-refractivity contribution in [1.82, 2.24) is 4.90 Å². The van der Waals surface area contributed by atoms with Gasteiger partial charge in [0.2, 0.25) is 5.91 Å². The smallest absolute Gasteiger partial charge is 0.234 e. The van der Waals surface area contributed by atoms with Crippen LogP contribution < -0.4 is 10.5 Å². The van der Waals surface area contributed by atoms with E-state index < -0.39 is 0 Å². The van der Waals surface area contributed by atoms with Gasteiger partial charge in [-0.05, 0) is 25.0 Å². The number of para-hydroxylation sites is 1. The number of ether oxygens (including phenoxy) is 1. The highest BCUT2D eigenvalue weighted by atomic mass is 16.5. The van der Waals surface area contributed by atoms with Crippen LogP contribution in [0.25, 0.3) is 0 Å². The summed E-state index contributed by atoms with van der Waals surface area (Å²) in [4.78, 5) is 14.0. The third-order valence-electron chi connectivity index (χ3n) is 4.47. The zero-order valence-corrected chi connectivity index (χ0v) is 11.7. The van der Waals surface area contributed by atoms with E-state index in [0.29, 0.717) is 12.5 Å². The van der Waals surface area contributed by atoms with Crippen molar-refractivity contribution in [3.8, 4) is 5.75 Å². The van der Waals surface area contributed by atoms with Crippen molar-refractivity contribution in [2.75, 3.05) is 6.54 Å². The SMILES string of the molecule is NC(=O)[C@@H]1C[C@H](Oc2ccccc2)CN1C1CCCC1. The summed E-state index contributed by atoms with van der Waals surface area (Å²) in [6.45, 7) is 0.813. The van der Waals surface area contributed by atoms with Gasteiger partial charge >= 0.3 is 0 Å². The van der Waals surface area contributed by atoms with Gasteiger partial charge in [0.05, 0.1) is 6.04 Å². The van der Waals surface area contributed by atoms with Gasteiger partial charge in [-0.15, -0.1) is 0 Å². The maximum absolute atomic E-state index is 11.7. The number of primary amides is 1. The van der Waals surface area contributed by atoms with Crippen molar-refractivity contribution in [3.63, 3.8) is 0 Å². The van der Waals surface area contributed by atoms with Crippen molar-refractivity contribution in [3.05, 3.63) is 30.3 Å². The number of benzene rings is 1. The molecular formula is C16H22N2O2. The Hall–Kier alpha value is -1.55. The van der Waals surface area contributed by atoms with Gasteiger partial charge in [0.15, 0.2) is 0 Å². The molecule has 2 N–H and O–H groups in total. The normalized spacial score (nSPS) is 27.8. The molecular weight excluding hydrogens is 252 g/mol. The van der Waals surface area contributed by atoms with Crippen LogP contribution in [0.3, 0.4) is 0 Å². The molecule has 0 unspecified atom stereocenters. The summed E-state index contributed by atoms with van der Waals surface area (Å²) in [7, 11) is 0. The Bertz CT molecular complexity index is 457. The number of hydrogen-bond acceptors (Lipinski definition) is 3. The van der Waals surface area contributed by atoms with Crippen molar-refractivity contribution in [2.24, 2.45) is 5.73 Å². The molecule has 1 aromatic carbocycles. The summed E-state index contributed by atoms with van der Waals surface area (Å²) in [6, 6.07) is 10.2. The van der Waals surface area contributed by atoms with Gasteiger partial charge in [-0.25, -0.2) is 0 Å². The lowest BCUT2D eigenvalue weighted by Crippen LogP contribution is -2.45. The second-order valence-corrected chi connectivity index (χ2v) is 5.84. The van der Waals surface area contributed by atoms with Crippen LogP contribution in [0.2, 0.25) is 0 Å². The van der Waals surface area contributed by atoms with E-state index in [1.165, 1.54) is 25.7 Å². The van der Waals surface area contributed by atoms with Crippen LogP contribution in [-0.2, 0) is 4.79 Å². The van der Waals surface area contributed by atoms with Crippen LogP contribution in [0, 0.1) is 0 Å². The largest absolute Gasteiger partial charge is 0.489 e. The average Bonchev–Trinajstić information content (AvgIpc) is 3.08. The molecule has 4 nitrogen and oxygen atoms in total. The minimum atomic E-state index is -0.212. The molecule has 1 aromatic rings. The van der Waals surface area contributed by atoms with E-state index in [0.717, 1.165) is 12.3 Å². The minimum absolute atomic E-state index is 0.0653. The van der Waals surface area contributed by atoms with Crippen molar-refractivity contribution < 1.29 is 9.53 Å². The number of rotatable bonds is 4. The van der Waals surface area contributed by atoms with Crippen LogP contribution >= 0.6 is 0 Å². The predicted octanol–water partition coefficient (Wildman–Crippen LogP) is 1.94. The molecule has 0 bridgehead atoms. The first-order valence-electron chi connectivity index (χ1n) is 7.51. The maximum atomic E-state index is 11.7. The lowest BCUT2D eigenvalue weighted by atomic mass is 10.1. The van der Waals surface area contributed by atoms with Gasteiger partial charge in [-0.1, -0.05) is 31.0 Å². The Morgan fingerprint density at radius 3 is 2.55 bits per heavy atom. The van der Waals surface area contributed by atoms with Gasteiger partial charge in [0.1, 0.15) is 11.9 Å². The van der Waals surface area contributed by atoms with E-state index in [-0.39, 0.29) is 18.1 Å². The summed E-state index contributed by atoms with van der Waals surface area (Å²) < 4.78 is 6.00. The molecule has 108 valence electrons. The highest BCUT2D eigenvalue weighted by Gasteiger charge is 2.41. The van der Waals surface area contributed by atoms with Crippen molar-refractivity contribution >= 4 is 5.91 Å². The number of likely N-dealkylation sites (tertiary alicyclic amines) is 1. The number of carbonyl (C=O) groups excluding carboxylic acids is 1. The molecule has 0 spiro atoms. The quantitative estimate of drug-likeness (QED) is 0.913. The van der Waals surface area contributed by atoms with Crippen molar-refractivity contribution in [2.45, 2.75) is 50.3 Å². The highest BCUT2D eigenvalue weighted by molar-refractivity contribution is 5.80. The standard InChI is InChI=1S/C16H22N2O2/c17-16(19)15-10-14(20-13-8-2-1-3-9-13)11-18(15)12-6-4-5-7-12/h1-3,8-9,12,14-15H,4-7,10-11H2,(H2,17,19)/t14-,15-/m0/s1. The van der Waals surface area contributed by atoms with Crippen LogP contribution in [0.5, 0.6) is 5.75 Å². The van der Waals surface area contributed by atoms with E-state index >= 15 is 0 Å². The van der Waals surface area contributed by atoms with E-state index in [2.05, 4.69) is 4.90 Å². The van der Waals surface area contributed by atoms with Crippen LogP contribution in [0.15, 0.2) is 30.3 Å². The second kappa shape index (κ2) is 5.83. The monoisotopic (exact) mass is 274 g/mol. The fourth-order valence-corrected chi connectivity index (χ4v) is 3.52. The summed E-state index contributed by atoms with van der Waals surface area (Å²) >= 11 is 0. The first kappa shape index (κ1) is 13.4. The van der Waals surface area contributed by atoms with Gasteiger partial charge in [0, 0.05) is 19.0 Å². The van der Waals surface area contributed by atoms with Crippen molar-refractivity contribution in [1.29, 1.82) is 0 Å². The van der Waals surface area contributed by atoms with E-state index in [4.69, 9.17) is 10.5 Å². The Morgan fingerprint density at radius 2 is 1.90 bits per heavy atom. The predicted molar refractivity (Wildman–Crippen MR) is 77.4 cm³/mol. The summed E-state index contributed by atoms with van der Waals surface area (Å²) in [6.07, 6.45) is 5.66. The van der Waals surface area contributed by atoms with Gasteiger partial charge in [0.25, 0.3) is 0 Å². The molecule has 1 amide bonds. The molecule has 1 aliphatic carbocycles. The Kier molecular flexibility index (Phi) is 3.92. The summed E-state index contributed by atoms with van der Waals surface area (Å²) in [5, 5.41) is 0. The third kappa shape index (κ3) is 2.80. The zero-order chi connectivity index (χ0) is 13.9. The number of nitrogens with two attached hydrogens (primary N) is 1. The van der Waals surface area contributed by atoms with Gasteiger partial charge in [-0.2, -0.15) is 0 Å². The zero-order valence-electron chi connectivity index (χ0n) is 11.7. The maximum Gasteiger partial charge on any atom is 0.234 e. The van der Waals surface area contributed by atoms with E-state index in [1.807, 2.05) is 30.3 Å². The average molecular weight is 274 g/mol. The lowest BCUT2D eigenvalue weighted by molar-refractivity contribution is -0.123. The molecule has 1 heterocycles. The number of hydrogen-bond donors (Lipinski definition) is 1. The van der Waals surface area contributed by atoms with Crippen LogP contribution in [0.1, 0.15) is 32.1 Å². The van der Waals surface area contributed by atoms with E-state index in [9.17, 15) is 4.79 Å². The van der Waals surface area contributed by atoms with Crippen LogP contribution in [-0.4, -0.2) is 35.5 Å². The molecule has 0 radical (unpaired) electrons. The third-order valence-corrected chi connectivity index (χ3v) is 4.47. The highest BCUT2D eigenvalue weighted by Crippen LogP contribution is 2.31. The molecule has 1 aliphatic heterocycles. The van der Waals surface area contributed by atoms with Gasteiger partial charge in [-0.3, -0.25) is 9.69 Å². The van der Waals surface area contributed by atoms with E-state index in [1.54, 1.807) is 0 Å². The molecule has 2 aliphatic rings. The molecule has 0 aromatic heterocycles. The fourth-order valence-electron chi connectivity index (χ4n) is 3.52. The van der Waals surface area contributed by atoms with Crippen LogP contribution in [0.4, 0.5) is 0 Å². The molecule has 2 atom stereocenters. The first-order valence-corrected chi connectivity index (χ1v) is 7.51. The second-order valence-electron chi connectivity index (χ2n) is 5.84. The molecule has 4 heteroatoms. The Morgan fingerprint density at radius 1 is 1.20 bits per heavy atom. The molecule has 2 fully saturated rings. The molecule has 3 rings (SSSR count). The summed E-state index contributed by atoms with van der Waals surface area (Å²) in [5.41, 5.74) is 5.58. The lowest BCUT2D eigenvalue weighted by Gasteiger charge is -2.28. The molecule has 1 saturated carbocycles. The number of nitrogens with zero attached hydrogens (tertiary/aromatic N) is 1. The Balaban J connectivity index is 1.68. The number of amides is 1. The minimum Gasteiger partial charge on any atom is -0.489 e. The summed E-state index contributed by atoms with van der Waals surface area (Å²) in [5.74, 6) is 0.657. The molecule has 20 heavy (non-hydrogen) atoms. The number of carbonyl (C=O) groups is 1. The first-order chi connectivity index (χ1) is 9.74. The fraction of sp³-hybridized carbons (Fsp3) is 0.562. The Labute approximate surface area is 119 Å². The molecule has 1 saturated heterocycles. The van der Waals surface area contributed by atoms with Gasteiger partial charge < -0.3 is 10.5 Å².